The van der Waals surface area contributed by atoms with Crippen molar-refractivity contribution < 1.29 is 43.2 Å². The molecule has 0 aliphatic carbocycles. The summed E-state index contributed by atoms with van der Waals surface area (Å²) in [4.78, 5) is 38.3. The zero-order valence-electron chi connectivity index (χ0n) is 49.8. The maximum atomic E-state index is 12.3. The predicted molar refractivity (Wildman–Crippen MR) is 312 cm³/mol. The van der Waals surface area contributed by atoms with Crippen molar-refractivity contribution in [3.05, 3.63) is 0 Å². The molecule has 0 unspecified atom stereocenters. The van der Waals surface area contributed by atoms with E-state index in [0.717, 1.165) is 51.7 Å². The van der Waals surface area contributed by atoms with Crippen LogP contribution in [0.3, 0.4) is 0 Å². The van der Waals surface area contributed by atoms with Gasteiger partial charge in [-0.2, -0.15) is 0 Å². The zero-order valence-corrected chi connectivity index (χ0v) is 49.8. The number of aliphatic hydroxyl groups is 1. The molecule has 0 atom stereocenters. The van der Waals surface area contributed by atoms with Crippen LogP contribution in [0, 0.1) is 0 Å². The number of aliphatic hydroxyl groups excluding tert-OH is 1. The largest absolute Gasteiger partial charge is 0.466 e. The number of nitrogens with one attached hydrogen (secondary N) is 1. The Labute approximate surface area is 459 Å². The molecule has 0 bridgehead atoms. The van der Waals surface area contributed by atoms with E-state index < -0.39 is 0 Å². The molecular weight excluding hydrogens is 929 g/mol. The highest BCUT2D eigenvalue weighted by molar-refractivity contribution is 5.70. The summed E-state index contributed by atoms with van der Waals surface area (Å²) in [6, 6.07) is 0. The third-order valence-electron chi connectivity index (χ3n) is 13.9. The molecule has 0 heterocycles. The van der Waals surface area contributed by atoms with Crippen molar-refractivity contribution in [2.45, 2.75) is 304 Å². The second kappa shape index (κ2) is 67.3. The first-order valence-electron chi connectivity index (χ1n) is 32.1. The molecule has 0 aromatic rings. The van der Waals surface area contributed by atoms with E-state index in [0.29, 0.717) is 78.5 Å². The Bertz CT molecular complexity index is 1050. The number of ether oxygens (including phenoxy) is 5. The van der Waals surface area contributed by atoms with Gasteiger partial charge in [0.25, 0.3) is 0 Å². The van der Waals surface area contributed by atoms with Crippen LogP contribution in [-0.2, 0) is 38.1 Å². The first-order chi connectivity index (χ1) is 36.4. The molecule has 442 valence electrons. The Morgan fingerprint density at radius 3 is 0.919 bits per heavy atom. The van der Waals surface area contributed by atoms with Gasteiger partial charge in [-0.15, -0.1) is 0 Å². The molecular formula is C63H126N2O9. The molecule has 0 saturated heterocycles. The van der Waals surface area contributed by atoms with E-state index in [-0.39, 0.29) is 31.1 Å². The molecule has 0 spiro atoms. The first kappa shape index (κ1) is 74.3. The van der Waals surface area contributed by atoms with Crippen LogP contribution >= 0.6 is 0 Å². The number of nitrogens with zero attached hydrogens (tertiary/aromatic N) is 1. The van der Waals surface area contributed by atoms with Crippen molar-refractivity contribution in [2.24, 2.45) is 0 Å². The molecule has 0 aliphatic rings. The van der Waals surface area contributed by atoms with Crippen LogP contribution in [0.1, 0.15) is 304 Å². The highest BCUT2D eigenvalue weighted by Gasteiger charge is 2.13. The van der Waals surface area contributed by atoms with Gasteiger partial charge in [0, 0.05) is 39.3 Å². The number of hydrogen-bond donors (Lipinski definition) is 2. The summed E-state index contributed by atoms with van der Waals surface area (Å²) in [6.07, 6.45) is 53.1. The summed E-state index contributed by atoms with van der Waals surface area (Å²) >= 11 is 0. The predicted octanol–water partition coefficient (Wildman–Crippen LogP) is 16.4. The molecule has 0 aromatic heterocycles. The van der Waals surface area contributed by atoms with Gasteiger partial charge in [0.1, 0.15) is 0 Å². The number of unbranched alkanes of at least 4 members (excludes halogenated alkanes) is 36. The lowest BCUT2D eigenvalue weighted by molar-refractivity contribution is -0.145. The van der Waals surface area contributed by atoms with Gasteiger partial charge < -0.3 is 34.1 Å². The quantitative estimate of drug-likeness (QED) is 0.0343. The molecule has 0 rings (SSSR count). The molecule has 0 fully saturated rings. The summed E-state index contributed by atoms with van der Waals surface area (Å²) < 4.78 is 27.0. The smallest absolute Gasteiger partial charge is 0.307 e. The summed E-state index contributed by atoms with van der Waals surface area (Å²) in [5, 5.41) is 12.2. The van der Waals surface area contributed by atoms with E-state index in [9.17, 15) is 14.4 Å². The first-order valence-corrected chi connectivity index (χ1v) is 32.1. The summed E-state index contributed by atoms with van der Waals surface area (Å²) in [6.45, 7) is 15.8. The number of esters is 3. The van der Waals surface area contributed by atoms with Gasteiger partial charge in [0.15, 0.2) is 0 Å². The lowest BCUT2D eigenvalue weighted by atomic mass is 10.0. The highest BCUT2D eigenvalue weighted by atomic mass is 16.5. The lowest BCUT2D eigenvalue weighted by Gasteiger charge is -2.21. The average Bonchev–Trinajstić information content (AvgIpc) is 3.40. The van der Waals surface area contributed by atoms with Gasteiger partial charge >= 0.3 is 17.9 Å². The standard InChI is InChI=1S/C40H79NO6.C23H47NO3/c1-3-5-7-9-11-13-15-17-19-21-23-25-27-35-46-39(43)29-31-41(33-37-45-38-34-42)32-30-40(44)47-36-28-26-24-22-20-18-16-14-12-10-8-6-4-2;1-3-5-6-7-8-9-10-11-12-13-14-15-16-21-27-23(25)17-18-24-19-22-26-20-4-2/h42H,3-38H2,1-2H3;24H,3-22H2,1-2H3. The van der Waals surface area contributed by atoms with Crippen LogP contribution in [0.5, 0.6) is 0 Å². The van der Waals surface area contributed by atoms with Crippen molar-refractivity contribution in [3.8, 4) is 0 Å². The topological polar surface area (TPSA) is 133 Å². The monoisotopic (exact) mass is 1050 g/mol. The summed E-state index contributed by atoms with van der Waals surface area (Å²) in [5.74, 6) is -0.457. The number of rotatable bonds is 61. The van der Waals surface area contributed by atoms with E-state index in [4.69, 9.17) is 28.8 Å². The van der Waals surface area contributed by atoms with Crippen LogP contribution in [-0.4, -0.2) is 113 Å². The van der Waals surface area contributed by atoms with E-state index in [2.05, 4.69) is 37.9 Å². The molecule has 2 N–H and O–H groups in total. The van der Waals surface area contributed by atoms with Crippen LogP contribution in [0.25, 0.3) is 0 Å². The van der Waals surface area contributed by atoms with Crippen LogP contribution < -0.4 is 5.32 Å². The molecule has 74 heavy (non-hydrogen) atoms. The third kappa shape index (κ3) is 66.3. The second-order valence-corrected chi connectivity index (χ2v) is 21.2. The van der Waals surface area contributed by atoms with E-state index in [1.54, 1.807) is 0 Å². The van der Waals surface area contributed by atoms with Gasteiger partial charge in [-0.1, -0.05) is 259 Å². The highest BCUT2D eigenvalue weighted by Crippen LogP contribution is 2.15. The molecule has 0 aliphatic heterocycles. The fourth-order valence-corrected chi connectivity index (χ4v) is 9.03. The Morgan fingerprint density at radius 1 is 0.311 bits per heavy atom. The normalized spacial score (nSPS) is 11.3. The Kier molecular flexibility index (Phi) is 67.6. The molecule has 0 radical (unpaired) electrons. The van der Waals surface area contributed by atoms with Crippen molar-refractivity contribution >= 4 is 17.9 Å². The molecule has 11 heteroatoms. The molecule has 0 amide bonds. The number of carbonyl (C=O) groups excluding carboxylic acids is 3. The van der Waals surface area contributed by atoms with E-state index in [1.165, 1.54) is 218 Å². The molecule has 0 aromatic carbocycles. The van der Waals surface area contributed by atoms with Gasteiger partial charge in [0.2, 0.25) is 0 Å². The van der Waals surface area contributed by atoms with Crippen LogP contribution in [0.2, 0.25) is 0 Å². The zero-order chi connectivity index (χ0) is 54.2. The van der Waals surface area contributed by atoms with Crippen molar-refractivity contribution in [2.75, 3.05) is 85.6 Å². The SMILES string of the molecule is CCCCCCCCCCCCCCCOC(=O)CCN(CCOCCO)CCC(=O)OCCCCCCCCCCCCCCC.CCCCCCCCCCCCCCCOC(=O)CCNCCOCCC. The van der Waals surface area contributed by atoms with Crippen molar-refractivity contribution in [1.82, 2.24) is 10.2 Å². The van der Waals surface area contributed by atoms with Gasteiger partial charge in [-0.25, -0.2) is 0 Å². The molecule has 0 saturated carbocycles. The second-order valence-electron chi connectivity index (χ2n) is 21.2. The van der Waals surface area contributed by atoms with E-state index in [1.807, 2.05) is 0 Å². The fourth-order valence-electron chi connectivity index (χ4n) is 9.03. The Morgan fingerprint density at radius 2 is 0.608 bits per heavy atom. The molecule has 11 nitrogen and oxygen atoms in total. The Hall–Kier alpha value is -1.79. The third-order valence-corrected chi connectivity index (χ3v) is 13.9. The fraction of sp³-hybridized carbons (Fsp3) is 0.952. The number of hydrogen-bond acceptors (Lipinski definition) is 11. The minimum absolute atomic E-state index is 0.0168. The number of carbonyl (C=O) groups is 3. The summed E-state index contributed by atoms with van der Waals surface area (Å²) in [7, 11) is 0. The minimum atomic E-state index is -0.185. The van der Waals surface area contributed by atoms with Gasteiger partial charge in [-0.3, -0.25) is 19.3 Å². The van der Waals surface area contributed by atoms with Crippen LogP contribution in [0.4, 0.5) is 0 Å². The minimum Gasteiger partial charge on any atom is -0.466 e. The van der Waals surface area contributed by atoms with Crippen molar-refractivity contribution in [3.63, 3.8) is 0 Å². The average molecular weight is 1060 g/mol. The van der Waals surface area contributed by atoms with Gasteiger partial charge in [0.05, 0.1) is 65.5 Å². The Balaban J connectivity index is 0. The maximum absolute atomic E-state index is 12.3. The van der Waals surface area contributed by atoms with E-state index >= 15 is 0 Å². The lowest BCUT2D eigenvalue weighted by Crippen LogP contribution is -2.33. The maximum Gasteiger partial charge on any atom is 0.307 e. The van der Waals surface area contributed by atoms with Crippen molar-refractivity contribution in [1.29, 1.82) is 0 Å². The van der Waals surface area contributed by atoms with Crippen LogP contribution in [0.15, 0.2) is 0 Å². The van der Waals surface area contributed by atoms with Gasteiger partial charge in [-0.05, 0) is 25.7 Å². The summed E-state index contributed by atoms with van der Waals surface area (Å²) in [5.41, 5.74) is 0.